The van der Waals surface area contributed by atoms with Crippen LogP contribution >= 0.6 is 11.6 Å². The molecule has 2 rings (SSSR count). The van der Waals surface area contributed by atoms with Gasteiger partial charge in [-0.15, -0.1) is 12.3 Å². The summed E-state index contributed by atoms with van der Waals surface area (Å²) in [6.07, 6.45) is 15.1. The lowest BCUT2D eigenvalue weighted by molar-refractivity contribution is -0.139. The van der Waals surface area contributed by atoms with Gasteiger partial charge in [-0.05, 0) is 54.9 Å². The Morgan fingerprint density at radius 3 is 2.85 bits per heavy atom. The number of ether oxygens (including phenoxy) is 2. The third kappa shape index (κ3) is 6.78. The number of hydrogen-bond acceptors (Lipinski definition) is 3. The maximum absolute atomic E-state index is 13.8. The molecule has 0 bridgehead atoms. The van der Waals surface area contributed by atoms with Crippen LogP contribution in [-0.4, -0.2) is 19.7 Å². The van der Waals surface area contributed by atoms with E-state index >= 15 is 0 Å². The summed E-state index contributed by atoms with van der Waals surface area (Å²) in [6.45, 7) is 3.95. The van der Waals surface area contributed by atoms with Gasteiger partial charge < -0.3 is 9.47 Å². The van der Waals surface area contributed by atoms with E-state index in [0.717, 1.165) is 16.7 Å². The third-order valence-electron chi connectivity index (χ3n) is 3.52. The van der Waals surface area contributed by atoms with Gasteiger partial charge >= 0.3 is 5.97 Å². The summed E-state index contributed by atoms with van der Waals surface area (Å²) < 4.78 is 24.0. The highest BCUT2D eigenvalue weighted by atomic mass is 35.5. The van der Waals surface area contributed by atoms with E-state index in [0.29, 0.717) is 17.4 Å². The lowest BCUT2D eigenvalue weighted by Crippen LogP contribution is -2.06. The molecule has 3 nitrogen and oxygen atoms in total. The van der Waals surface area contributed by atoms with E-state index in [9.17, 15) is 9.18 Å². The van der Waals surface area contributed by atoms with Crippen molar-refractivity contribution in [3.63, 3.8) is 0 Å². The Bertz CT molecular complexity index is 759. The Hall–Kier alpha value is -2.51. The smallest absolute Gasteiger partial charge is 0.309 e. The van der Waals surface area contributed by atoms with Gasteiger partial charge in [-0.2, -0.15) is 0 Å². The van der Waals surface area contributed by atoms with Crippen molar-refractivity contribution in [2.24, 2.45) is 0 Å². The van der Waals surface area contributed by atoms with Gasteiger partial charge in [0.2, 0.25) is 0 Å². The molecule has 0 saturated heterocycles. The second-order valence-corrected chi connectivity index (χ2v) is 5.84. The van der Waals surface area contributed by atoms with Crippen LogP contribution in [0.4, 0.5) is 4.39 Å². The molecule has 0 saturated carbocycles. The van der Waals surface area contributed by atoms with Crippen molar-refractivity contribution in [1.29, 1.82) is 0 Å². The van der Waals surface area contributed by atoms with Crippen LogP contribution in [0.25, 0.3) is 0 Å². The third-order valence-corrected chi connectivity index (χ3v) is 3.76. The molecule has 0 aromatic rings. The largest absolute Gasteiger partial charge is 0.489 e. The molecule has 5 heteroatoms. The SMILES string of the molecule is C#CC.COC(=O)C/C=C\C1=C(C)C(C2=CC=C(Cl)C=C(F)C2)=CCO1. The first kappa shape index (κ1) is 21.5. The quantitative estimate of drug-likeness (QED) is 0.494. The lowest BCUT2D eigenvalue weighted by atomic mass is 9.93. The fraction of sp³-hybridized carbons (Fsp3) is 0.286. The van der Waals surface area contributed by atoms with Gasteiger partial charge in [0, 0.05) is 11.5 Å². The molecular formula is C21H22ClFO3. The number of terminal acetylenes is 1. The molecular weight excluding hydrogens is 355 g/mol. The molecule has 0 aromatic carbocycles. The molecule has 0 spiro atoms. The van der Waals surface area contributed by atoms with Crippen LogP contribution in [0.2, 0.25) is 0 Å². The Morgan fingerprint density at radius 2 is 2.19 bits per heavy atom. The first-order chi connectivity index (χ1) is 12.4. The zero-order valence-corrected chi connectivity index (χ0v) is 15.9. The minimum Gasteiger partial charge on any atom is -0.489 e. The molecule has 0 unspecified atom stereocenters. The monoisotopic (exact) mass is 376 g/mol. The minimum absolute atomic E-state index is 0.175. The fourth-order valence-corrected chi connectivity index (χ4v) is 2.54. The van der Waals surface area contributed by atoms with Gasteiger partial charge in [-0.3, -0.25) is 4.79 Å². The summed E-state index contributed by atoms with van der Waals surface area (Å²) in [4.78, 5) is 11.1. The predicted molar refractivity (Wildman–Crippen MR) is 103 cm³/mol. The second-order valence-electron chi connectivity index (χ2n) is 5.40. The average molecular weight is 377 g/mol. The highest BCUT2D eigenvalue weighted by molar-refractivity contribution is 6.31. The summed E-state index contributed by atoms with van der Waals surface area (Å²) >= 11 is 5.89. The van der Waals surface area contributed by atoms with Gasteiger partial charge in [0.1, 0.15) is 18.2 Å². The molecule has 0 amide bonds. The Morgan fingerprint density at radius 1 is 1.50 bits per heavy atom. The van der Waals surface area contributed by atoms with Crippen molar-refractivity contribution in [3.8, 4) is 12.3 Å². The molecule has 0 atom stereocenters. The second kappa shape index (κ2) is 11.2. The van der Waals surface area contributed by atoms with E-state index in [1.54, 1.807) is 25.2 Å². The maximum atomic E-state index is 13.8. The van der Waals surface area contributed by atoms with Gasteiger partial charge in [0.25, 0.3) is 0 Å². The van der Waals surface area contributed by atoms with E-state index in [2.05, 4.69) is 17.1 Å². The minimum atomic E-state index is -0.315. The van der Waals surface area contributed by atoms with Crippen LogP contribution < -0.4 is 0 Å². The molecule has 1 heterocycles. The van der Waals surface area contributed by atoms with Crippen LogP contribution in [0.15, 0.2) is 69.8 Å². The molecule has 0 fully saturated rings. The number of rotatable bonds is 4. The first-order valence-electron chi connectivity index (χ1n) is 8.00. The highest BCUT2D eigenvalue weighted by Gasteiger charge is 2.17. The van der Waals surface area contributed by atoms with Gasteiger partial charge in [0.05, 0.1) is 13.5 Å². The van der Waals surface area contributed by atoms with Crippen LogP contribution in [-0.2, 0) is 14.3 Å². The zero-order valence-electron chi connectivity index (χ0n) is 15.1. The maximum Gasteiger partial charge on any atom is 0.309 e. The Kier molecular flexibility index (Phi) is 9.25. The van der Waals surface area contributed by atoms with Crippen molar-refractivity contribution in [2.45, 2.75) is 26.7 Å². The number of methoxy groups -OCH3 is 1. The molecule has 1 aliphatic carbocycles. The molecule has 0 N–H and O–H groups in total. The van der Waals surface area contributed by atoms with Crippen LogP contribution in [0.3, 0.4) is 0 Å². The van der Waals surface area contributed by atoms with Crippen LogP contribution in [0.1, 0.15) is 26.7 Å². The summed E-state index contributed by atoms with van der Waals surface area (Å²) in [6, 6.07) is 0. The van der Waals surface area contributed by atoms with Crippen molar-refractivity contribution in [2.75, 3.05) is 13.7 Å². The van der Waals surface area contributed by atoms with E-state index < -0.39 is 0 Å². The summed E-state index contributed by atoms with van der Waals surface area (Å²) in [7, 11) is 1.35. The van der Waals surface area contributed by atoms with E-state index in [4.69, 9.17) is 16.3 Å². The van der Waals surface area contributed by atoms with E-state index in [1.807, 2.05) is 19.1 Å². The summed E-state index contributed by atoms with van der Waals surface area (Å²) in [5.41, 5.74) is 2.66. The van der Waals surface area contributed by atoms with Crippen LogP contribution in [0.5, 0.6) is 0 Å². The van der Waals surface area contributed by atoms with Crippen LogP contribution in [0, 0.1) is 12.3 Å². The Labute approximate surface area is 159 Å². The number of halogens is 2. The normalized spacial score (nSPS) is 16.8. The molecule has 0 aromatic heterocycles. The number of hydrogen-bond donors (Lipinski definition) is 0. The fourth-order valence-electron chi connectivity index (χ4n) is 2.35. The van der Waals surface area contributed by atoms with Gasteiger partial charge in [-0.25, -0.2) is 4.39 Å². The number of carbonyl (C=O) groups excluding carboxylic acids is 1. The van der Waals surface area contributed by atoms with Crippen molar-refractivity contribution >= 4 is 17.6 Å². The number of esters is 1. The first-order valence-corrected chi connectivity index (χ1v) is 8.38. The van der Waals surface area contributed by atoms with Gasteiger partial charge in [-0.1, -0.05) is 23.8 Å². The summed E-state index contributed by atoms with van der Waals surface area (Å²) in [5.74, 6) is 2.32. The van der Waals surface area contributed by atoms with Crippen molar-refractivity contribution < 1.29 is 18.7 Å². The lowest BCUT2D eigenvalue weighted by Gasteiger charge is -2.20. The Balaban J connectivity index is 0.00000105. The molecule has 138 valence electrons. The van der Waals surface area contributed by atoms with Gasteiger partial charge in [0.15, 0.2) is 0 Å². The number of carbonyl (C=O) groups is 1. The number of allylic oxidation sites excluding steroid dienone is 9. The molecule has 26 heavy (non-hydrogen) atoms. The van der Waals surface area contributed by atoms with E-state index in [1.165, 1.54) is 13.2 Å². The molecule has 1 aliphatic heterocycles. The predicted octanol–water partition coefficient (Wildman–Crippen LogP) is 5.28. The van der Waals surface area contributed by atoms with E-state index in [-0.39, 0.29) is 24.6 Å². The topological polar surface area (TPSA) is 35.5 Å². The highest BCUT2D eigenvalue weighted by Crippen LogP contribution is 2.33. The molecule has 0 radical (unpaired) electrons. The van der Waals surface area contributed by atoms with Crippen molar-refractivity contribution in [1.82, 2.24) is 0 Å². The standard InChI is InChI=1S/C18H18ClFO3.C3H4/c1-12-16(13-6-7-14(19)11-15(20)10-13)8-9-23-17(12)4-3-5-18(21)22-2;1-3-2/h3-4,6-8,11H,5,9-10H2,1-2H3;1H,2H3/b4-3-;. The van der Waals surface area contributed by atoms with Crippen molar-refractivity contribution in [3.05, 3.63) is 69.8 Å². The zero-order chi connectivity index (χ0) is 19.5. The summed E-state index contributed by atoms with van der Waals surface area (Å²) in [5, 5.41) is 0.366. The average Bonchev–Trinajstić information content (AvgIpc) is 2.77. The molecule has 2 aliphatic rings.